The number of rotatable bonds is 4. The third-order valence-electron chi connectivity index (χ3n) is 11.3. The first kappa shape index (κ1) is 29.7. The lowest BCUT2D eigenvalue weighted by Crippen LogP contribution is -2.14. The maximum Gasteiger partial charge on any atom is 0.0159 e. The van der Waals surface area contributed by atoms with Crippen LogP contribution in [0.3, 0.4) is 0 Å². The van der Waals surface area contributed by atoms with Crippen LogP contribution in [0.5, 0.6) is 0 Å². The lowest BCUT2D eigenvalue weighted by atomic mass is 9.82. The van der Waals surface area contributed by atoms with E-state index in [0.29, 0.717) is 0 Å². The molecular weight excluding hydrogens is 613 g/mol. The highest BCUT2D eigenvalue weighted by atomic mass is 14.4. The Balaban J connectivity index is 1.09. The quantitative estimate of drug-likeness (QED) is 0.167. The topological polar surface area (TPSA) is 0 Å². The highest BCUT2D eigenvalue weighted by Crippen LogP contribution is 2.52. The van der Waals surface area contributed by atoms with Crippen LogP contribution in [-0.4, -0.2) is 0 Å². The van der Waals surface area contributed by atoms with E-state index in [0.717, 1.165) is 0 Å². The number of hydrogen-bond acceptors (Lipinski definition) is 0. The van der Waals surface area contributed by atoms with E-state index in [2.05, 4.69) is 196 Å². The molecule has 9 aromatic carbocycles. The molecule has 1 aliphatic rings. The summed E-state index contributed by atoms with van der Waals surface area (Å²) >= 11 is 0. The SMILES string of the molecule is CC1(C)c2ccc(-c3ccc(-c4c5ccccc5c(-c5ccc(-c6ccccc6)cc5)c5ccccc45)cc3)cc2-c2c1ccc1ccccc21. The Hall–Kier alpha value is -6.24. The molecule has 0 saturated heterocycles. The van der Waals surface area contributed by atoms with E-state index in [4.69, 9.17) is 0 Å². The fourth-order valence-corrected chi connectivity index (χ4v) is 8.74. The van der Waals surface area contributed by atoms with E-state index in [1.165, 1.54) is 99.1 Å². The first-order chi connectivity index (χ1) is 25.1. The van der Waals surface area contributed by atoms with Crippen LogP contribution in [0.2, 0.25) is 0 Å². The van der Waals surface area contributed by atoms with Crippen molar-refractivity contribution in [3.8, 4) is 55.6 Å². The highest BCUT2D eigenvalue weighted by molar-refractivity contribution is 6.21. The Morgan fingerprint density at radius 3 is 1.27 bits per heavy atom. The third kappa shape index (κ3) is 4.60. The van der Waals surface area contributed by atoms with E-state index in [-0.39, 0.29) is 5.41 Å². The zero-order valence-corrected chi connectivity index (χ0v) is 28.8. The summed E-state index contributed by atoms with van der Waals surface area (Å²) in [6.07, 6.45) is 0. The van der Waals surface area contributed by atoms with Gasteiger partial charge in [0, 0.05) is 5.41 Å². The average Bonchev–Trinajstić information content (AvgIpc) is 3.43. The molecule has 0 nitrogen and oxygen atoms in total. The van der Waals surface area contributed by atoms with Crippen LogP contribution in [0.15, 0.2) is 182 Å². The van der Waals surface area contributed by atoms with Crippen molar-refractivity contribution in [2.45, 2.75) is 19.3 Å². The third-order valence-corrected chi connectivity index (χ3v) is 11.3. The van der Waals surface area contributed by atoms with Gasteiger partial charge >= 0.3 is 0 Å². The molecule has 0 amide bonds. The molecule has 240 valence electrons. The zero-order chi connectivity index (χ0) is 34.1. The van der Waals surface area contributed by atoms with Gasteiger partial charge in [0.05, 0.1) is 0 Å². The molecule has 0 radical (unpaired) electrons. The number of hydrogen-bond donors (Lipinski definition) is 0. The summed E-state index contributed by atoms with van der Waals surface area (Å²) in [6, 6.07) is 67.3. The molecule has 0 aromatic heterocycles. The molecule has 0 bridgehead atoms. The van der Waals surface area contributed by atoms with Crippen molar-refractivity contribution >= 4 is 32.3 Å². The first-order valence-electron chi connectivity index (χ1n) is 17.9. The zero-order valence-electron chi connectivity index (χ0n) is 28.8. The molecule has 0 aliphatic heterocycles. The Morgan fingerprint density at radius 1 is 0.294 bits per heavy atom. The summed E-state index contributed by atoms with van der Waals surface area (Å²) in [5, 5.41) is 7.72. The van der Waals surface area contributed by atoms with Gasteiger partial charge in [-0.15, -0.1) is 0 Å². The van der Waals surface area contributed by atoms with E-state index >= 15 is 0 Å². The molecule has 0 N–H and O–H groups in total. The normalized spacial score (nSPS) is 13.1. The van der Waals surface area contributed by atoms with Gasteiger partial charge in [-0.25, -0.2) is 0 Å². The van der Waals surface area contributed by atoms with Crippen LogP contribution in [0.25, 0.3) is 88.0 Å². The molecule has 0 saturated carbocycles. The van der Waals surface area contributed by atoms with Gasteiger partial charge in [0.1, 0.15) is 0 Å². The van der Waals surface area contributed by atoms with Gasteiger partial charge in [-0.1, -0.05) is 190 Å². The molecule has 0 fully saturated rings. The molecule has 0 heteroatoms. The summed E-state index contributed by atoms with van der Waals surface area (Å²) < 4.78 is 0. The van der Waals surface area contributed by atoms with Crippen LogP contribution in [0.4, 0.5) is 0 Å². The number of benzene rings is 9. The summed E-state index contributed by atoms with van der Waals surface area (Å²) in [6.45, 7) is 4.72. The molecule has 0 spiro atoms. The summed E-state index contributed by atoms with van der Waals surface area (Å²) in [7, 11) is 0. The summed E-state index contributed by atoms with van der Waals surface area (Å²) in [5.74, 6) is 0. The van der Waals surface area contributed by atoms with Crippen molar-refractivity contribution in [2.24, 2.45) is 0 Å². The molecule has 1 aliphatic carbocycles. The van der Waals surface area contributed by atoms with Crippen molar-refractivity contribution in [2.75, 3.05) is 0 Å². The van der Waals surface area contributed by atoms with Crippen LogP contribution in [0, 0.1) is 0 Å². The van der Waals surface area contributed by atoms with Crippen molar-refractivity contribution < 1.29 is 0 Å². The van der Waals surface area contributed by atoms with E-state index in [1.54, 1.807) is 0 Å². The minimum atomic E-state index is -0.0324. The molecule has 0 atom stereocenters. The minimum Gasteiger partial charge on any atom is -0.0622 e. The van der Waals surface area contributed by atoms with Crippen molar-refractivity contribution in [1.29, 1.82) is 0 Å². The maximum absolute atomic E-state index is 2.42. The van der Waals surface area contributed by atoms with Crippen molar-refractivity contribution in [3.05, 3.63) is 193 Å². The van der Waals surface area contributed by atoms with E-state index < -0.39 is 0 Å². The molecular formula is C51H36. The van der Waals surface area contributed by atoms with Crippen molar-refractivity contribution in [1.82, 2.24) is 0 Å². The Labute approximate surface area is 299 Å². The fraction of sp³-hybridized carbons (Fsp3) is 0.0588. The monoisotopic (exact) mass is 648 g/mol. The number of fused-ring (bicyclic) bond motifs is 7. The summed E-state index contributed by atoms with van der Waals surface area (Å²) in [4.78, 5) is 0. The van der Waals surface area contributed by atoms with Gasteiger partial charge in [0.2, 0.25) is 0 Å². The Kier molecular flexibility index (Phi) is 6.63. The second kappa shape index (κ2) is 11.4. The standard InChI is InChI=1S/C51H36/c1-51(2)46-30-29-39(32-45(46)50-40-15-7-6-14-36(40)28-31-47(50)51)35-22-26-38(27-23-35)49-43-18-10-8-16-41(43)48(42-17-9-11-19-44(42)49)37-24-20-34(21-25-37)33-12-4-3-5-13-33/h3-32H,1-2H3. The van der Waals surface area contributed by atoms with Gasteiger partial charge < -0.3 is 0 Å². The van der Waals surface area contributed by atoms with Crippen LogP contribution >= 0.6 is 0 Å². The lowest BCUT2D eigenvalue weighted by Gasteiger charge is -2.21. The lowest BCUT2D eigenvalue weighted by molar-refractivity contribution is 0.661. The predicted octanol–water partition coefficient (Wildman–Crippen LogP) is 14.1. The minimum absolute atomic E-state index is 0.0324. The van der Waals surface area contributed by atoms with Crippen molar-refractivity contribution in [3.63, 3.8) is 0 Å². The Bertz CT molecular complexity index is 2730. The van der Waals surface area contributed by atoms with E-state index in [9.17, 15) is 0 Å². The maximum atomic E-state index is 2.42. The molecule has 51 heavy (non-hydrogen) atoms. The summed E-state index contributed by atoms with van der Waals surface area (Å²) in [5.41, 5.74) is 15.5. The average molecular weight is 649 g/mol. The van der Waals surface area contributed by atoms with Gasteiger partial charge in [-0.05, 0) is 105 Å². The Morgan fingerprint density at radius 2 is 0.706 bits per heavy atom. The van der Waals surface area contributed by atoms with Crippen LogP contribution in [-0.2, 0) is 5.41 Å². The smallest absolute Gasteiger partial charge is 0.0159 e. The van der Waals surface area contributed by atoms with Crippen LogP contribution in [0.1, 0.15) is 25.0 Å². The molecule has 10 rings (SSSR count). The van der Waals surface area contributed by atoms with Gasteiger partial charge in [-0.3, -0.25) is 0 Å². The largest absolute Gasteiger partial charge is 0.0622 e. The second-order valence-electron chi connectivity index (χ2n) is 14.5. The first-order valence-corrected chi connectivity index (χ1v) is 17.9. The van der Waals surface area contributed by atoms with Crippen LogP contribution < -0.4 is 0 Å². The van der Waals surface area contributed by atoms with Gasteiger partial charge in [0.25, 0.3) is 0 Å². The molecule has 0 heterocycles. The predicted molar refractivity (Wildman–Crippen MR) is 218 cm³/mol. The molecule has 0 unspecified atom stereocenters. The molecule has 9 aromatic rings. The van der Waals surface area contributed by atoms with E-state index in [1.807, 2.05) is 0 Å². The fourth-order valence-electron chi connectivity index (χ4n) is 8.74. The van der Waals surface area contributed by atoms with Gasteiger partial charge in [0.15, 0.2) is 0 Å². The second-order valence-corrected chi connectivity index (χ2v) is 14.5. The highest BCUT2D eigenvalue weighted by Gasteiger charge is 2.36. The van der Waals surface area contributed by atoms with Gasteiger partial charge in [-0.2, -0.15) is 0 Å².